The number of Topliss-reactive ketones (excluding diaryl/α,β-unsaturated/α-hetero) is 1. The van der Waals surface area contributed by atoms with Gasteiger partial charge in [0.05, 0.1) is 24.0 Å². The molecule has 2 N–H and O–H groups in total. The zero-order valence-corrected chi connectivity index (χ0v) is 21.7. The van der Waals surface area contributed by atoms with Crippen molar-refractivity contribution < 1.29 is 9.53 Å². The number of benzene rings is 3. The topological polar surface area (TPSA) is 67.9 Å². The molecule has 3 aromatic rings. The van der Waals surface area contributed by atoms with Gasteiger partial charge in [0.25, 0.3) is 0 Å². The number of hydrogen-bond donors (Lipinski definition) is 1. The monoisotopic (exact) mass is 497 g/mol. The number of nitrogens with two attached hydrogens (primary N) is 1. The van der Waals surface area contributed by atoms with Gasteiger partial charge in [0.15, 0.2) is 5.78 Å². The van der Waals surface area contributed by atoms with Gasteiger partial charge in [-0.25, -0.2) is 4.99 Å². The van der Waals surface area contributed by atoms with Gasteiger partial charge in [-0.2, -0.15) is 0 Å². The maximum Gasteiger partial charge on any atom is 0.201 e. The van der Waals surface area contributed by atoms with E-state index in [1.807, 2.05) is 78.6 Å². The molecule has 6 heteroatoms. The zero-order valence-electron chi connectivity index (χ0n) is 20.9. The number of carbonyl (C=O) groups excluding carboxylic acids is 1. The van der Waals surface area contributed by atoms with Crippen molar-refractivity contribution in [2.45, 2.75) is 44.6 Å². The fraction of sp³-hybridized carbons (Fsp3) is 0.267. The summed E-state index contributed by atoms with van der Waals surface area (Å²) in [4.78, 5) is 22.8. The number of rotatable bonds is 4. The Labute approximate surface area is 217 Å². The van der Waals surface area contributed by atoms with Gasteiger partial charge >= 0.3 is 0 Å². The molecular formula is C30H31N3O2S. The van der Waals surface area contributed by atoms with E-state index >= 15 is 0 Å². The SMILES string of the molecule is CCOc1ccc([C@@H]2C3=C(CC(C)(C)CC3=O)Sc3ccccc3N2C(N)=Nc2ccccc2)cc1. The van der Waals surface area contributed by atoms with Crippen molar-refractivity contribution in [3.63, 3.8) is 0 Å². The Morgan fingerprint density at radius 3 is 2.44 bits per heavy atom. The van der Waals surface area contributed by atoms with Gasteiger partial charge < -0.3 is 10.5 Å². The molecule has 0 aromatic heterocycles. The number of thioether (sulfide) groups is 1. The van der Waals surface area contributed by atoms with Crippen molar-refractivity contribution in [2.75, 3.05) is 11.5 Å². The number of ketones is 1. The Balaban J connectivity index is 1.74. The van der Waals surface area contributed by atoms with Crippen molar-refractivity contribution in [2.24, 2.45) is 16.1 Å². The molecule has 0 radical (unpaired) electrons. The summed E-state index contributed by atoms with van der Waals surface area (Å²) in [5, 5.41) is 0. The number of allylic oxidation sites excluding steroid dienone is 1. The van der Waals surface area contributed by atoms with Crippen molar-refractivity contribution in [3.05, 3.63) is 94.9 Å². The van der Waals surface area contributed by atoms with E-state index in [4.69, 9.17) is 15.5 Å². The van der Waals surface area contributed by atoms with Gasteiger partial charge in [0.2, 0.25) is 5.96 Å². The predicted octanol–water partition coefficient (Wildman–Crippen LogP) is 7.03. The average molecular weight is 498 g/mol. The summed E-state index contributed by atoms with van der Waals surface area (Å²) in [5.41, 5.74) is 10.2. The van der Waals surface area contributed by atoms with Crippen LogP contribution in [0.4, 0.5) is 11.4 Å². The molecule has 2 aliphatic rings. The Hall–Kier alpha value is -3.51. The first-order valence-electron chi connectivity index (χ1n) is 12.3. The largest absolute Gasteiger partial charge is 0.494 e. The Bertz CT molecular complexity index is 1330. The van der Waals surface area contributed by atoms with E-state index in [9.17, 15) is 4.79 Å². The number of ether oxygens (including phenoxy) is 1. The quantitative estimate of drug-likeness (QED) is 0.310. The Morgan fingerprint density at radius 1 is 1.03 bits per heavy atom. The minimum atomic E-state index is -0.400. The van der Waals surface area contributed by atoms with Crippen molar-refractivity contribution in [3.8, 4) is 5.75 Å². The van der Waals surface area contributed by atoms with Gasteiger partial charge in [0.1, 0.15) is 5.75 Å². The summed E-state index contributed by atoms with van der Waals surface area (Å²) in [6.07, 6.45) is 1.34. The second-order valence-electron chi connectivity index (χ2n) is 9.93. The standard InChI is InChI=1S/C30H31N3O2S/c1-4-35-22-16-14-20(15-17-22)28-27-24(34)18-30(2,3)19-26(27)36-25-13-9-8-12-23(25)33(28)29(31)32-21-10-6-5-7-11-21/h5-17,28H,4,18-19H2,1-3H3,(H2,31,32)/t28-/m1/s1. The Morgan fingerprint density at radius 2 is 1.72 bits per heavy atom. The Kier molecular flexibility index (Phi) is 6.63. The second-order valence-corrected chi connectivity index (χ2v) is 11.1. The van der Waals surface area contributed by atoms with Gasteiger partial charge in [-0.15, -0.1) is 0 Å². The molecular weight excluding hydrogens is 466 g/mol. The lowest BCUT2D eigenvalue weighted by Crippen LogP contribution is -2.43. The number of carbonyl (C=O) groups is 1. The van der Waals surface area contributed by atoms with Crippen molar-refractivity contribution >= 4 is 34.9 Å². The van der Waals surface area contributed by atoms with Crippen LogP contribution in [-0.4, -0.2) is 18.3 Å². The molecule has 3 aromatic carbocycles. The molecule has 0 unspecified atom stereocenters. The summed E-state index contributed by atoms with van der Waals surface area (Å²) in [6.45, 7) is 6.90. The molecule has 0 fully saturated rings. The highest BCUT2D eigenvalue weighted by Gasteiger charge is 2.42. The number of anilines is 1. The van der Waals surface area contributed by atoms with Gasteiger partial charge in [-0.1, -0.05) is 68.1 Å². The van der Waals surface area contributed by atoms with Crippen LogP contribution in [0.5, 0.6) is 5.75 Å². The van der Waals surface area contributed by atoms with Crippen LogP contribution in [0.1, 0.15) is 45.2 Å². The lowest BCUT2D eigenvalue weighted by molar-refractivity contribution is -0.118. The molecule has 0 saturated carbocycles. The lowest BCUT2D eigenvalue weighted by atomic mass is 9.75. The first-order chi connectivity index (χ1) is 17.4. The van der Waals surface area contributed by atoms with Gasteiger partial charge in [-0.05, 0) is 65.6 Å². The summed E-state index contributed by atoms with van der Waals surface area (Å²) in [6, 6.07) is 25.5. The first kappa shape index (κ1) is 24.2. The normalized spacial score (nSPS) is 19.4. The summed E-state index contributed by atoms with van der Waals surface area (Å²) in [5.74, 6) is 1.31. The van der Waals surface area contributed by atoms with Crippen LogP contribution in [0.2, 0.25) is 0 Å². The molecule has 5 rings (SSSR count). The molecule has 5 nitrogen and oxygen atoms in total. The number of fused-ring (bicyclic) bond motifs is 1. The van der Waals surface area contributed by atoms with E-state index < -0.39 is 6.04 Å². The second kappa shape index (κ2) is 9.86. The van der Waals surface area contributed by atoms with Gasteiger partial charge in [0, 0.05) is 16.9 Å². The van der Waals surface area contributed by atoms with E-state index in [-0.39, 0.29) is 11.2 Å². The smallest absolute Gasteiger partial charge is 0.201 e. The van der Waals surface area contributed by atoms with Crippen LogP contribution in [0.3, 0.4) is 0 Å². The third kappa shape index (κ3) is 4.78. The first-order valence-corrected chi connectivity index (χ1v) is 13.1. The fourth-order valence-corrected chi connectivity index (χ4v) is 6.47. The number of aliphatic imine (C=N–C) groups is 1. The van der Waals surface area contributed by atoms with E-state index in [0.717, 1.165) is 44.5 Å². The molecule has 0 spiro atoms. The number of para-hydroxylation sites is 2. The number of hydrogen-bond acceptors (Lipinski definition) is 4. The lowest BCUT2D eigenvalue weighted by Gasteiger charge is -2.37. The molecule has 1 heterocycles. The average Bonchev–Trinajstić information content (AvgIpc) is 2.99. The third-order valence-electron chi connectivity index (χ3n) is 6.52. The molecule has 0 bridgehead atoms. The van der Waals surface area contributed by atoms with Crippen LogP contribution in [-0.2, 0) is 4.79 Å². The molecule has 1 aliphatic heterocycles. The molecule has 0 saturated heterocycles. The highest BCUT2D eigenvalue weighted by atomic mass is 32.2. The molecule has 1 aliphatic carbocycles. The zero-order chi connectivity index (χ0) is 25.3. The summed E-state index contributed by atoms with van der Waals surface area (Å²) in [7, 11) is 0. The van der Waals surface area contributed by atoms with Crippen LogP contribution < -0.4 is 15.4 Å². The van der Waals surface area contributed by atoms with E-state index in [1.54, 1.807) is 11.8 Å². The minimum Gasteiger partial charge on any atom is -0.494 e. The minimum absolute atomic E-state index is 0.0971. The van der Waals surface area contributed by atoms with Crippen LogP contribution in [0, 0.1) is 5.41 Å². The number of guanidine groups is 1. The van der Waals surface area contributed by atoms with E-state index in [2.05, 4.69) is 26.0 Å². The molecule has 0 amide bonds. The van der Waals surface area contributed by atoms with Crippen molar-refractivity contribution in [1.29, 1.82) is 0 Å². The maximum atomic E-state index is 13.8. The maximum absolute atomic E-state index is 13.8. The molecule has 184 valence electrons. The number of nitrogens with zero attached hydrogens (tertiary/aromatic N) is 2. The highest BCUT2D eigenvalue weighted by Crippen LogP contribution is 2.53. The van der Waals surface area contributed by atoms with Crippen LogP contribution in [0.15, 0.2) is 99.2 Å². The summed E-state index contributed by atoms with van der Waals surface area (Å²) >= 11 is 1.69. The predicted molar refractivity (Wildman–Crippen MR) is 148 cm³/mol. The van der Waals surface area contributed by atoms with E-state index in [0.29, 0.717) is 19.0 Å². The third-order valence-corrected chi connectivity index (χ3v) is 7.70. The van der Waals surface area contributed by atoms with Crippen LogP contribution in [0.25, 0.3) is 0 Å². The van der Waals surface area contributed by atoms with Crippen LogP contribution >= 0.6 is 11.8 Å². The van der Waals surface area contributed by atoms with Crippen molar-refractivity contribution in [1.82, 2.24) is 0 Å². The summed E-state index contributed by atoms with van der Waals surface area (Å²) < 4.78 is 5.69. The van der Waals surface area contributed by atoms with Gasteiger partial charge in [-0.3, -0.25) is 9.69 Å². The molecule has 36 heavy (non-hydrogen) atoms. The molecule has 1 atom stereocenters. The fourth-order valence-electron chi connectivity index (χ4n) is 4.99. The highest BCUT2D eigenvalue weighted by molar-refractivity contribution is 8.03. The van der Waals surface area contributed by atoms with E-state index in [1.165, 1.54) is 0 Å².